The number of aliphatic hydroxyl groups is 1. The second kappa shape index (κ2) is 6.59. The molecule has 1 saturated heterocycles. The van der Waals surface area contributed by atoms with Gasteiger partial charge in [0.15, 0.2) is 0 Å². The quantitative estimate of drug-likeness (QED) is 0.789. The summed E-state index contributed by atoms with van der Waals surface area (Å²) in [5.41, 5.74) is 0. The lowest BCUT2D eigenvalue weighted by Gasteiger charge is -2.31. The van der Waals surface area contributed by atoms with E-state index in [0.717, 1.165) is 31.9 Å². The van der Waals surface area contributed by atoms with Crippen LogP contribution in [0.1, 0.15) is 6.42 Å². The zero-order chi connectivity index (χ0) is 11.9. The average molecular weight is 236 g/mol. The van der Waals surface area contributed by atoms with Crippen molar-refractivity contribution in [3.63, 3.8) is 0 Å². The topological polar surface area (TPSA) is 44.7 Å². The molecule has 0 aliphatic carbocycles. The number of nitrogens with zero attached hydrogens (tertiary/aromatic N) is 1. The first-order valence-corrected chi connectivity index (χ1v) is 6.17. The molecule has 4 heteroatoms. The first-order chi connectivity index (χ1) is 8.36. The third-order valence-electron chi connectivity index (χ3n) is 2.96. The molecule has 1 atom stereocenters. The maximum Gasteiger partial charge on any atom is 0.119 e. The van der Waals surface area contributed by atoms with Gasteiger partial charge < -0.3 is 15.2 Å². The molecule has 1 aliphatic rings. The summed E-state index contributed by atoms with van der Waals surface area (Å²) in [6.45, 7) is 4.28. The number of hydrogen-bond donors (Lipinski definition) is 2. The van der Waals surface area contributed by atoms with Crippen LogP contribution in [0.3, 0.4) is 0 Å². The van der Waals surface area contributed by atoms with Crippen molar-refractivity contribution in [1.82, 2.24) is 10.2 Å². The third-order valence-corrected chi connectivity index (χ3v) is 2.96. The molecule has 1 fully saturated rings. The van der Waals surface area contributed by atoms with Crippen LogP contribution in [0, 0.1) is 0 Å². The normalized spacial score (nSPS) is 18.9. The van der Waals surface area contributed by atoms with E-state index in [2.05, 4.69) is 10.2 Å². The van der Waals surface area contributed by atoms with Crippen LogP contribution in [0.15, 0.2) is 30.3 Å². The zero-order valence-electron chi connectivity index (χ0n) is 10.0. The Hall–Kier alpha value is -1.10. The number of rotatable bonds is 5. The second-order valence-electron chi connectivity index (χ2n) is 4.22. The number of hydrogen-bond acceptors (Lipinski definition) is 4. The van der Waals surface area contributed by atoms with Crippen LogP contribution < -0.4 is 10.1 Å². The number of ether oxygens (including phenoxy) is 1. The number of nitrogens with one attached hydrogen (secondary N) is 1. The molecule has 1 heterocycles. The molecule has 1 aromatic carbocycles. The molecule has 0 saturated carbocycles. The number of para-hydroxylation sites is 1. The lowest BCUT2D eigenvalue weighted by Crippen LogP contribution is -2.48. The maximum atomic E-state index is 9.97. The summed E-state index contributed by atoms with van der Waals surface area (Å²) in [7, 11) is 0. The van der Waals surface area contributed by atoms with Gasteiger partial charge in [0, 0.05) is 32.6 Å². The monoisotopic (exact) mass is 236 g/mol. The van der Waals surface area contributed by atoms with Crippen molar-refractivity contribution in [3.8, 4) is 5.75 Å². The van der Waals surface area contributed by atoms with Gasteiger partial charge in [0.25, 0.3) is 0 Å². The Morgan fingerprint density at radius 2 is 1.94 bits per heavy atom. The molecule has 0 amide bonds. The summed E-state index contributed by atoms with van der Waals surface area (Å²) in [5.74, 6) is 0.861. The smallest absolute Gasteiger partial charge is 0.119 e. The Morgan fingerprint density at radius 3 is 2.65 bits per heavy atom. The summed E-state index contributed by atoms with van der Waals surface area (Å²) < 4.78 is 5.57. The molecule has 2 N–H and O–H groups in total. The molecule has 0 spiro atoms. The SMILES string of the molecule is OC(CCOc1ccccc1)N1CCNCC1. The van der Waals surface area contributed by atoms with Crippen LogP contribution in [0.25, 0.3) is 0 Å². The van der Waals surface area contributed by atoms with E-state index in [4.69, 9.17) is 4.74 Å². The average Bonchev–Trinajstić information content (AvgIpc) is 2.41. The molecule has 94 valence electrons. The van der Waals surface area contributed by atoms with E-state index in [1.807, 2.05) is 30.3 Å². The minimum Gasteiger partial charge on any atom is -0.493 e. The van der Waals surface area contributed by atoms with E-state index >= 15 is 0 Å². The Morgan fingerprint density at radius 1 is 1.24 bits per heavy atom. The van der Waals surface area contributed by atoms with Gasteiger partial charge in [-0.15, -0.1) is 0 Å². The fourth-order valence-corrected chi connectivity index (χ4v) is 1.96. The van der Waals surface area contributed by atoms with Gasteiger partial charge in [-0.1, -0.05) is 18.2 Å². The molecular weight excluding hydrogens is 216 g/mol. The van der Waals surface area contributed by atoms with Crippen molar-refractivity contribution in [3.05, 3.63) is 30.3 Å². The van der Waals surface area contributed by atoms with Gasteiger partial charge in [-0.05, 0) is 12.1 Å². The highest BCUT2D eigenvalue weighted by atomic mass is 16.5. The Labute approximate surface area is 102 Å². The van der Waals surface area contributed by atoms with Crippen molar-refractivity contribution in [1.29, 1.82) is 0 Å². The first-order valence-electron chi connectivity index (χ1n) is 6.17. The van der Waals surface area contributed by atoms with Gasteiger partial charge in [0.1, 0.15) is 12.0 Å². The van der Waals surface area contributed by atoms with E-state index in [0.29, 0.717) is 13.0 Å². The molecule has 0 bridgehead atoms. The summed E-state index contributed by atoms with van der Waals surface area (Å²) >= 11 is 0. The molecular formula is C13H20N2O2. The predicted octanol–water partition coefficient (Wildman–Crippen LogP) is 0.679. The minimum absolute atomic E-state index is 0.388. The van der Waals surface area contributed by atoms with Crippen molar-refractivity contribution >= 4 is 0 Å². The van der Waals surface area contributed by atoms with Crippen LogP contribution >= 0.6 is 0 Å². The van der Waals surface area contributed by atoms with Gasteiger partial charge in [-0.2, -0.15) is 0 Å². The lowest BCUT2D eigenvalue weighted by atomic mass is 10.3. The summed E-state index contributed by atoms with van der Waals surface area (Å²) in [6, 6.07) is 9.71. The summed E-state index contributed by atoms with van der Waals surface area (Å²) in [4.78, 5) is 2.09. The molecule has 17 heavy (non-hydrogen) atoms. The zero-order valence-corrected chi connectivity index (χ0v) is 10.0. The molecule has 2 rings (SSSR count). The Kier molecular flexibility index (Phi) is 4.79. The largest absolute Gasteiger partial charge is 0.493 e. The Bertz CT molecular complexity index is 312. The van der Waals surface area contributed by atoms with Crippen molar-refractivity contribution < 1.29 is 9.84 Å². The highest BCUT2D eigenvalue weighted by Crippen LogP contribution is 2.10. The predicted molar refractivity (Wildman–Crippen MR) is 67.0 cm³/mol. The van der Waals surface area contributed by atoms with Crippen LogP contribution in [0.2, 0.25) is 0 Å². The van der Waals surface area contributed by atoms with Gasteiger partial charge in [0.05, 0.1) is 6.61 Å². The van der Waals surface area contributed by atoms with Gasteiger partial charge in [-0.3, -0.25) is 4.90 Å². The minimum atomic E-state index is -0.388. The fraction of sp³-hybridized carbons (Fsp3) is 0.538. The standard InChI is InChI=1S/C13H20N2O2/c16-13(15-9-7-14-8-10-15)6-11-17-12-4-2-1-3-5-12/h1-5,13-14,16H,6-11H2. The number of aliphatic hydroxyl groups excluding tert-OH is 1. The third kappa shape index (κ3) is 4.00. The van der Waals surface area contributed by atoms with E-state index in [-0.39, 0.29) is 6.23 Å². The summed E-state index contributed by atoms with van der Waals surface area (Å²) in [6.07, 6.45) is 0.260. The molecule has 0 radical (unpaired) electrons. The molecule has 4 nitrogen and oxygen atoms in total. The highest BCUT2D eigenvalue weighted by molar-refractivity contribution is 5.20. The lowest BCUT2D eigenvalue weighted by molar-refractivity contribution is -0.0167. The molecule has 0 aromatic heterocycles. The van der Waals surface area contributed by atoms with E-state index in [9.17, 15) is 5.11 Å². The highest BCUT2D eigenvalue weighted by Gasteiger charge is 2.17. The van der Waals surface area contributed by atoms with Crippen molar-refractivity contribution in [2.24, 2.45) is 0 Å². The molecule has 1 unspecified atom stereocenters. The van der Waals surface area contributed by atoms with E-state index in [1.165, 1.54) is 0 Å². The van der Waals surface area contributed by atoms with Gasteiger partial charge in [0.2, 0.25) is 0 Å². The van der Waals surface area contributed by atoms with Crippen LogP contribution in [0.5, 0.6) is 5.75 Å². The maximum absolute atomic E-state index is 9.97. The molecule has 1 aromatic rings. The van der Waals surface area contributed by atoms with Crippen LogP contribution in [0.4, 0.5) is 0 Å². The van der Waals surface area contributed by atoms with Crippen LogP contribution in [-0.2, 0) is 0 Å². The van der Waals surface area contributed by atoms with Gasteiger partial charge >= 0.3 is 0 Å². The first kappa shape index (κ1) is 12.4. The number of piperazine rings is 1. The number of benzene rings is 1. The van der Waals surface area contributed by atoms with Crippen LogP contribution in [-0.4, -0.2) is 49.0 Å². The van der Waals surface area contributed by atoms with Crippen molar-refractivity contribution in [2.45, 2.75) is 12.6 Å². The molecule has 1 aliphatic heterocycles. The Balaban J connectivity index is 1.67. The van der Waals surface area contributed by atoms with E-state index in [1.54, 1.807) is 0 Å². The van der Waals surface area contributed by atoms with Gasteiger partial charge in [-0.25, -0.2) is 0 Å². The van der Waals surface area contributed by atoms with E-state index < -0.39 is 0 Å². The summed E-state index contributed by atoms with van der Waals surface area (Å²) in [5, 5.41) is 13.2. The van der Waals surface area contributed by atoms with Crippen molar-refractivity contribution in [2.75, 3.05) is 32.8 Å². The second-order valence-corrected chi connectivity index (χ2v) is 4.22. The fourth-order valence-electron chi connectivity index (χ4n) is 1.96.